The Labute approximate surface area is 93.1 Å². The van der Waals surface area contributed by atoms with Crippen molar-refractivity contribution >= 4 is 5.71 Å². The first-order valence-corrected chi connectivity index (χ1v) is 5.09. The van der Waals surface area contributed by atoms with Gasteiger partial charge < -0.3 is 9.74 Å². The summed E-state index contributed by atoms with van der Waals surface area (Å²) in [6.07, 6.45) is 1.99. The molecule has 0 saturated carbocycles. The monoisotopic (exact) mass is 210 g/mol. The predicted molar refractivity (Wildman–Crippen MR) is 66.2 cm³/mol. The molecule has 0 bridgehead atoms. The molecule has 0 fully saturated rings. The van der Waals surface area contributed by atoms with Gasteiger partial charge in [-0.05, 0) is 40.4 Å². The van der Waals surface area contributed by atoms with E-state index in [1.54, 1.807) is 0 Å². The van der Waals surface area contributed by atoms with Crippen LogP contribution in [0.4, 0.5) is 0 Å². The van der Waals surface area contributed by atoms with Crippen LogP contribution in [-0.2, 0) is 4.84 Å². The largest absolute Gasteiger partial charge is 0.394 e. The van der Waals surface area contributed by atoms with Crippen LogP contribution in [0.1, 0.15) is 20.8 Å². The standard InChI is InChI=1S/C12H22N2O/c1-10(2)9-11(3)12(4)13-15-8-7-14(5)6/h9H,1,7-8H2,2-6H3/b11-9+,13-12+. The summed E-state index contributed by atoms with van der Waals surface area (Å²) < 4.78 is 0. The number of hydrogen-bond donors (Lipinski definition) is 0. The summed E-state index contributed by atoms with van der Waals surface area (Å²) in [6.45, 7) is 11.2. The van der Waals surface area contributed by atoms with Crippen molar-refractivity contribution in [1.82, 2.24) is 4.90 Å². The summed E-state index contributed by atoms with van der Waals surface area (Å²) in [7, 11) is 4.01. The van der Waals surface area contributed by atoms with Gasteiger partial charge in [0.15, 0.2) is 0 Å². The Morgan fingerprint density at radius 2 is 1.93 bits per heavy atom. The molecule has 3 nitrogen and oxygen atoms in total. The zero-order chi connectivity index (χ0) is 11.8. The van der Waals surface area contributed by atoms with Crippen molar-refractivity contribution in [3.05, 3.63) is 23.8 Å². The fourth-order valence-corrected chi connectivity index (χ4v) is 0.912. The summed E-state index contributed by atoms with van der Waals surface area (Å²) in [4.78, 5) is 7.24. The third-order valence-corrected chi connectivity index (χ3v) is 1.86. The summed E-state index contributed by atoms with van der Waals surface area (Å²) in [5, 5.41) is 4.03. The third kappa shape index (κ3) is 7.94. The van der Waals surface area contributed by atoms with Crippen molar-refractivity contribution in [2.45, 2.75) is 20.8 Å². The fraction of sp³-hybridized carbons (Fsp3) is 0.583. The molecular weight excluding hydrogens is 188 g/mol. The molecule has 0 aromatic carbocycles. The van der Waals surface area contributed by atoms with E-state index >= 15 is 0 Å². The normalized spacial score (nSPS) is 13.2. The van der Waals surface area contributed by atoms with Crippen LogP contribution in [0.25, 0.3) is 0 Å². The highest BCUT2D eigenvalue weighted by Gasteiger charge is 1.95. The first-order valence-electron chi connectivity index (χ1n) is 5.09. The molecular formula is C12H22N2O. The number of oxime groups is 1. The summed E-state index contributed by atoms with van der Waals surface area (Å²) in [5.41, 5.74) is 3.01. The van der Waals surface area contributed by atoms with Gasteiger partial charge in [0, 0.05) is 6.54 Å². The number of allylic oxidation sites excluding steroid dienone is 3. The van der Waals surface area contributed by atoms with E-state index in [2.05, 4.69) is 16.6 Å². The lowest BCUT2D eigenvalue weighted by Gasteiger charge is -2.08. The van der Waals surface area contributed by atoms with Gasteiger partial charge in [0.05, 0.1) is 5.71 Å². The van der Waals surface area contributed by atoms with Crippen LogP contribution in [0.2, 0.25) is 0 Å². The molecule has 0 aliphatic heterocycles. The van der Waals surface area contributed by atoms with E-state index in [1.807, 2.05) is 40.9 Å². The number of hydrogen-bond acceptors (Lipinski definition) is 3. The van der Waals surface area contributed by atoms with Gasteiger partial charge in [-0.25, -0.2) is 0 Å². The second-order valence-electron chi connectivity index (χ2n) is 3.99. The van der Waals surface area contributed by atoms with Crippen molar-refractivity contribution in [1.29, 1.82) is 0 Å². The van der Waals surface area contributed by atoms with E-state index in [1.165, 1.54) is 0 Å². The molecule has 0 rings (SSSR count). The summed E-state index contributed by atoms with van der Waals surface area (Å²) >= 11 is 0. The Balaban J connectivity index is 4.03. The molecule has 0 radical (unpaired) electrons. The zero-order valence-electron chi connectivity index (χ0n) is 10.5. The lowest BCUT2D eigenvalue weighted by molar-refractivity contribution is 0.126. The number of rotatable bonds is 6. The van der Waals surface area contributed by atoms with E-state index in [0.29, 0.717) is 6.61 Å². The van der Waals surface area contributed by atoms with Crippen LogP contribution in [0.3, 0.4) is 0 Å². The maximum absolute atomic E-state index is 5.18. The van der Waals surface area contributed by atoms with Gasteiger partial charge in [0.2, 0.25) is 0 Å². The number of likely N-dealkylation sites (N-methyl/N-ethyl adjacent to an activating group) is 1. The van der Waals surface area contributed by atoms with Crippen LogP contribution in [0.15, 0.2) is 29.0 Å². The highest BCUT2D eigenvalue weighted by atomic mass is 16.6. The molecule has 86 valence electrons. The molecule has 0 atom stereocenters. The molecule has 0 N–H and O–H groups in total. The lowest BCUT2D eigenvalue weighted by atomic mass is 10.1. The van der Waals surface area contributed by atoms with Gasteiger partial charge >= 0.3 is 0 Å². The number of nitrogens with zero attached hydrogens (tertiary/aromatic N) is 2. The molecule has 15 heavy (non-hydrogen) atoms. The second kappa shape index (κ2) is 7.23. The average Bonchev–Trinajstić information content (AvgIpc) is 2.10. The Hall–Kier alpha value is -1.09. The quantitative estimate of drug-likeness (QED) is 0.291. The summed E-state index contributed by atoms with van der Waals surface area (Å²) in [6, 6.07) is 0. The first-order chi connectivity index (χ1) is 6.93. The van der Waals surface area contributed by atoms with Crippen LogP contribution in [0, 0.1) is 0 Å². The molecule has 0 amide bonds. The van der Waals surface area contributed by atoms with Gasteiger partial charge in [0.1, 0.15) is 6.61 Å². The Morgan fingerprint density at radius 3 is 2.40 bits per heavy atom. The zero-order valence-corrected chi connectivity index (χ0v) is 10.5. The van der Waals surface area contributed by atoms with Gasteiger partial charge in [-0.15, -0.1) is 0 Å². The minimum atomic E-state index is 0.616. The van der Waals surface area contributed by atoms with Crippen molar-refractivity contribution in [2.75, 3.05) is 27.2 Å². The highest BCUT2D eigenvalue weighted by molar-refractivity contribution is 5.97. The van der Waals surface area contributed by atoms with Crippen molar-refractivity contribution in [3.63, 3.8) is 0 Å². The molecule has 0 saturated heterocycles. The van der Waals surface area contributed by atoms with Gasteiger partial charge in [-0.3, -0.25) is 0 Å². The maximum Gasteiger partial charge on any atom is 0.129 e. The smallest absolute Gasteiger partial charge is 0.129 e. The predicted octanol–water partition coefficient (Wildman–Crippen LogP) is 2.46. The molecule has 0 spiro atoms. The Morgan fingerprint density at radius 1 is 1.33 bits per heavy atom. The third-order valence-electron chi connectivity index (χ3n) is 1.86. The molecule has 0 unspecified atom stereocenters. The first kappa shape index (κ1) is 13.9. The van der Waals surface area contributed by atoms with E-state index in [9.17, 15) is 0 Å². The topological polar surface area (TPSA) is 24.8 Å². The van der Waals surface area contributed by atoms with Crippen LogP contribution in [-0.4, -0.2) is 37.9 Å². The van der Waals surface area contributed by atoms with E-state index in [-0.39, 0.29) is 0 Å². The molecule has 0 aromatic heterocycles. The lowest BCUT2D eigenvalue weighted by Crippen LogP contribution is -2.17. The Bertz CT molecular complexity index is 265. The van der Waals surface area contributed by atoms with Gasteiger partial charge in [0.25, 0.3) is 0 Å². The van der Waals surface area contributed by atoms with Crippen molar-refractivity contribution < 1.29 is 4.84 Å². The minimum Gasteiger partial charge on any atom is -0.394 e. The van der Waals surface area contributed by atoms with Crippen molar-refractivity contribution in [3.8, 4) is 0 Å². The Kier molecular flexibility index (Phi) is 6.71. The van der Waals surface area contributed by atoms with Gasteiger partial charge in [-0.2, -0.15) is 0 Å². The molecule has 0 heterocycles. The highest BCUT2D eigenvalue weighted by Crippen LogP contribution is 2.02. The van der Waals surface area contributed by atoms with E-state index in [0.717, 1.165) is 23.4 Å². The van der Waals surface area contributed by atoms with E-state index < -0.39 is 0 Å². The average molecular weight is 210 g/mol. The van der Waals surface area contributed by atoms with Crippen LogP contribution in [0.5, 0.6) is 0 Å². The maximum atomic E-state index is 5.18. The SMILES string of the molecule is C=C(C)/C=C(C)/C(C)=N/OCCN(C)C. The second-order valence-corrected chi connectivity index (χ2v) is 3.99. The van der Waals surface area contributed by atoms with Gasteiger partial charge in [-0.1, -0.05) is 23.4 Å². The van der Waals surface area contributed by atoms with E-state index in [4.69, 9.17) is 4.84 Å². The molecule has 0 aromatic rings. The van der Waals surface area contributed by atoms with Crippen molar-refractivity contribution in [2.24, 2.45) is 5.16 Å². The molecule has 0 aliphatic rings. The van der Waals surface area contributed by atoms with Crippen LogP contribution < -0.4 is 0 Å². The molecule has 0 aliphatic carbocycles. The fourth-order valence-electron chi connectivity index (χ4n) is 0.912. The van der Waals surface area contributed by atoms with Crippen LogP contribution >= 0.6 is 0 Å². The summed E-state index contributed by atoms with van der Waals surface area (Å²) in [5.74, 6) is 0. The minimum absolute atomic E-state index is 0.616. The molecule has 3 heteroatoms.